The second-order valence-electron chi connectivity index (χ2n) is 5.79. The Balaban J connectivity index is 1.69. The molecule has 1 N–H and O–H groups in total. The molecule has 2 aromatic rings. The molecular weight excluding hydrogens is 342 g/mol. The lowest BCUT2D eigenvalue weighted by Gasteiger charge is -2.21. The molecule has 0 radical (unpaired) electrons. The van der Waals surface area contributed by atoms with Crippen molar-refractivity contribution in [3.8, 4) is 0 Å². The molecule has 1 aliphatic carbocycles. The summed E-state index contributed by atoms with van der Waals surface area (Å²) in [5, 5.41) is 7.38. The highest BCUT2D eigenvalue weighted by Gasteiger charge is 2.22. The molecule has 0 saturated heterocycles. The van der Waals surface area contributed by atoms with E-state index in [1.165, 1.54) is 6.42 Å². The Hall–Kier alpha value is -1.62. The molecule has 1 amide bonds. The monoisotopic (exact) mass is 361 g/mol. The van der Waals surface area contributed by atoms with Crippen LogP contribution in [-0.2, 0) is 11.3 Å². The van der Waals surface area contributed by atoms with Gasteiger partial charge in [-0.25, -0.2) is 4.68 Å². The van der Waals surface area contributed by atoms with E-state index in [9.17, 15) is 4.79 Å². The molecule has 0 aliphatic heterocycles. The molecule has 0 spiro atoms. The van der Waals surface area contributed by atoms with Gasteiger partial charge >= 0.3 is 0 Å². The molecule has 1 aliphatic rings. The lowest BCUT2D eigenvalue weighted by atomic mass is 9.89. The van der Waals surface area contributed by atoms with Crippen LogP contribution in [0.4, 0.5) is 5.82 Å². The van der Waals surface area contributed by atoms with Crippen LogP contribution in [0.25, 0.3) is 0 Å². The van der Waals surface area contributed by atoms with Crippen LogP contribution in [0, 0.1) is 5.92 Å². The predicted molar refractivity (Wildman–Crippen MR) is 90.7 cm³/mol. The molecule has 1 fully saturated rings. The first kappa shape index (κ1) is 15.3. The van der Waals surface area contributed by atoms with Gasteiger partial charge in [-0.15, -0.1) is 0 Å². The Bertz CT molecular complexity index is 647. The maximum atomic E-state index is 12.4. The second kappa shape index (κ2) is 7.09. The number of rotatable bonds is 4. The topological polar surface area (TPSA) is 46.9 Å². The number of hydrogen-bond acceptors (Lipinski definition) is 2. The zero-order chi connectivity index (χ0) is 15.4. The molecule has 0 unspecified atom stereocenters. The van der Waals surface area contributed by atoms with E-state index in [-0.39, 0.29) is 11.8 Å². The fourth-order valence-electron chi connectivity index (χ4n) is 2.95. The average molecular weight is 362 g/mol. The van der Waals surface area contributed by atoms with Crippen LogP contribution in [0.5, 0.6) is 0 Å². The summed E-state index contributed by atoms with van der Waals surface area (Å²) in [4.78, 5) is 12.4. The number of hydrogen-bond donors (Lipinski definition) is 1. The molecule has 116 valence electrons. The summed E-state index contributed by atoms with van der Waals surface area (Å²) < 4.78 is 2.89. The van der Waals surface area contributed by atoms with Gasteiger partial charge in [-0.3, -0.25) is 4.79 Å². The van der Waals surface area contributed by atoms with Gasteiger partial charge in [-0.1, -0.05) is 53.4 Å². The number of anilines is 1. The van der Waals surface area contributed by atoms with Crippen LogP contribution in [0.2, 0.25) is 0 Å². The highest BCUT2D eigenvalue weighted by Crippen LogP contribution is 2.25. The SMILES string of the molecule is O=C(Nc1ccnn1Cc1ccccc1Br)C1CCCCC1. The average Bonchev–Trinajstić information content (AvgIpc) is 2.97. The maximum absolute atomic E-state index is 12.4. The van der Waals surface area contributed by atoms with Crippen molar-refractivity contribution in [1.82, 2.24) is 9.78 Å². The molecule has 5 heteroatoms. The first-order valence-corrected chi connectivity index (χ1v) is 8.59. The van der Waals surface area contributed by atoms with Crippen molar-refractivity contribution < 1.29 is 4.79 Å². The Morgan fingerprint density at radius 3 is 2.77 bits per heavy atom. The van der Waals surface area contributed by atoms with E-state index in [0.717, 1.165) is 41.5 Å². The third kappa shape index (κ3) is 3.58. The smallest absolute Gasteiger partial charge is 0.228 e. The van der Waals surface area contributed by atoms with E-state index < -0.39 is 0 Å². The maximum Gasteiger partial charge on any atom is 0.228 e. The van der Waals surface area contributed by atoms with Crippen molar-refractivity contribution in [2.24, 2.45) is 5.92 Å². The molecule has 1 aromatic carbocycles. The number of benzene rings is 1. The molecule has 0 atom stereocenters. The molecule has 3 rings (SSSR count). The predicted octanol–water partition coefficient (Wildman–Crippen LogP) is 4.21. The van der Waals surface area contributed by atoms with Gasteiger partial charge in [0.1, 0.15) is 5.82 Å². The molecular formula is C17H20BrN3O. The number of carbonyl (C=O) groups excluding carboxylic acids is 1. The Morgan fingerprint density at radius 2 is 2.00 bits per heavy atom. The quantitative estimate of drug-likeness (QED) is 0.886. The second-order valence-corrected chi connectivity index (χ2v) is 6.64. The van der Waals surface area contributed by atoms with Crippen LogP contribution in [0.15, 0.2) is 41.0 Å². The largest absolute Gasteiger partial charge is 0.311 e. The normalized spacial score (nSPS) is 15.7. The van der Waals surface area contributed by atoms with Gasteiger partial charge in [0, 0.05) is 16.5 Å². The first-order chi connectivity index (χ1) is 10.7. The van der Waals surface area contributed by atoms with Crippen LogP contribution in [0.1, 0.15) is 37.7 Å². The molecule has 1 saturated carbocycles. The summed E-state index contributed by atoms with van der Waals surface area (Å²) in [5.74, 6) is 1.06. The van der Waals surface area contributed by atoms with Crippen LogP contribution in [0.3, 0.4) is 0 Å². The van der Waals surface area contributed by atoms with Crippen LogP contribution in [-0.4, -0.2) is 15.7 Å². The minimum Gasteiger partial charge on any atom is -0.311 e. The molecule has 1 heterocycles. The highest BCUT2D eigenvalue weighted by molar-refractivity contribution is 9.10. The number of nitrogens with one attached hydrogen (secondary N) is 1. The van der Waals surface area contributed by atoms with Gasteiger partial charge in [-0.2, -0.15) is 5.10 Å². The zero-order valence-corrected chi connectivity index (χ0v) is 14.1. The Kier molecular flexibility index (Phi) is 4.93. The van der Waals surface area contributed by atoms with Gasteiger partial charge in [0.15, 0.2) is 0 Å². The lowest BCUT2D eigenvalue weighted by Crippen LogP contribution is -2.26. The van der Waals surface area contributed by atoms with Crippen molar-refractivity contribution in [2.45, 2.75) is 38.6 Å². The van der Waals surface area contributed by atoms with Crippen molar-refractivity contribution in [1.29, 1.82) is 0 Å². The third-order valence-electron chi connectivity index (χ3n) is 4.22. The minimum absolute atomic E-state index is 0.133. The van der Waals surface area contributed by atoms with Crippen molar-refractivity contribution in [3.05, 3.63) is 46.6 Å². The van der Waals surface area contributed by atoms with Gasteiger partial charge in [-0.05, 0) is 24.5 Å². The standard InChI is InChI=1S/C17H20BrN3O/c18-15-9-5-4-8-14(15)12-21-16(10-11-19-21)20-17(22)13-6-2-1-3-7-13/h4-5,8-11,13H,1-3,6-7,12H2,(H,20,22). The highest BCUT2D eigenvalue weighted by atomic mass is 79.9. The van der Waals surface area contributed by atoms with Crippen LogP contribution < -0.4 is 5.32 Å². The van der Waals surface area contributed by atoms with Crippen molar-refractivity contribution >= 4 is 27.7 Å². The van der Waals surface area contributed by atoms with E-state index in [2.05, 4.69) is 32.4 Å². The van der Waals surface area contributed by atoms with E-state index in [1.807, 2.05) is 28.9 Å². The Labute approximate surface area is 139 Å². The van der Waals surface area contributed by atoms with Gasteiger partial charge in [0.25, 0.3) is 0 Å². The number of amides is 1. The number of nitrogens with zero attached hydrogens (tertiary/aromatic N) is 2. The number of carbonyl (C=O) groups is 1. The van der Waals surface area contributed by atoms with Crippen LogP contribution >= 0.6 is 15.9 Å². The fraction of sp³-hybridized carbons (Fsp3) is 0.412. The summed E-state index contributed by atoms with van der Waals surface area (Å²) in [6.45, 7) is 0.634. The summed E-state index contributed by atoms with van der Waals surface area (Å²) in [7, 11) is 0. The number of halogens is 1. The van der Waals surface area contributed by atoms with Gasteiger partial charge in [0.2, 0.25) is 5.91 Å². The van der Waals surface area contributed by atoms with Gasteiger partial charge in [0.05, 0.1) is 12.7 Å². The zero-order valence-electron chi connectivity index (χ0n) is 12.5. The Morgan fingerprint density at radius 1 is 1.23 bits per heavy atom. The van der Waals surface area contributed by atoms with E-state index >= 15 is 0 Å². The fourth-order valence-corrected chi connectivity index (χ4v) is 3.36. The van der Waals surface area contributed by atoms with E-state index in [1.54, 1.807) is 6.20 Å². The molecule has 0 bridgehead atoms. The van der Waals surface area contributed by atoms with E-state index in [4.69, 9.17) is 0 Å². The summed E-state index contributed by atoms with van der Waals surface area (Å²) in [6.07, 6.45) is 7.31. The summed E-state index contributed by atoms with van der Waals surface area (Å²) >= 11 is 3.55. The van der Waals surface area contributed by atoms with E-state index in [0.29, 0.717) is 6.54 Å². The third-order valence-corrected chi connectivity index (χ3v) is 5.00. The summed E-state index contributed by atoms with van der Waals surface area (Å²) in [5.41, 5.74) is 1.14. The van der Waals surface area contributed by atoms with Crippen molar-refractivity contribution in [2.75, 3.05) is 5.32 Å². The summed E-state index contributed by atoms with van der Waals surface area (Å²) in [6, 6.07) is 9.92. The lowest BCUT2D eigenvalue weighted by molar-refractivity contribution is -0.120. The molecule has 1 aromatic heterocycles. The number of aromatic nitrogens is 2. The first-order valence-electron chi connectivity index (χ1n) is 7.80. The minimum atomic E-state index is 0.133. The van der Waals surface area contributed by atoms with Crippen molar-refractivity contribution in [3.63, 3.8) is 0 Å². The molecule has 22 heavy (non-hydrogen) atoms. The molecule has 4 nitrogen and oxygen atoms in total. The van der Waals surface area contributed by atoms with Gasteiger partial charge < -0.3 is 5.32 Å².